The van der Waals surface area contributed by atoms with Crippen LogP contribution < -0.4 is 5.32 Å². The predicted molar refractivity (Wildman–Crippen MR) is 59.3 cm³/mol. The summed E-state index contributed by atoms with van der Waals surface area (Å²) in [5, 5.41) is 3.25. The van der Waals surface area contributed by atoms with Crippen molar-refractivity contribution in [1.82, 2.24) is 9.62 Å². The van der Waals surface area contributed by atoms with Crippen LogP contribution in [0.5, 0.6) is 0 Å². The number of ether oxygens (including phenoxy) is 1. The van der Waals surface area contributed by atoms with E-state index in [0.29, 0.717) is 13.1 Å². The van der Waals surface area contributed by atoms with Crippen LogP contribution in [0.1, 0.15) is 13.8 Å². The van der Waals surface area contributed by atoms with Gasteiger partial charge in [0, 0.05) is 32.3 Å². The fraction of sp³-hybridized carbons (Fsp3) is 1.00. The number of nitrogens with zero attached hydrogens (tertiary/aromatic N) is 1. The van der Waals surface area contributed by atoms with E-state index in [9.17, 15) is 8.42 Å². The van der Waals surface area contributed by atoms with Crippen molar-refractivity contribution in [1.29, 1.82) is 0 Å². The van der Waals surface area contributed by atoms with Gasteiger partial charge < -0.3 is 10.1 Å². The van der Waals surface area contributed by atoms with Gasteiger partial charge >= 0.3 is 0 Å². The number of hydrogen-bond acceptors (Lipinski definition) is 4. The molecule has 2 unspecified atom stereocenters. The number of rotatable bonds is 4. The zero-order valence-electron chi connectivity index (χ0n) is 9.56. The minimum absolute atomic E-state index is 0.0306. The van der Waals surface area contributed by atoms with Crippen LogP contribution in [0, 0.1) is 0 Å². The molecule has 2 atom stereocenters. The summed E-state index contributed by atoms with van der Waals surface area (Å²) in [6, 6.07) is 0.251. The first kappa shape index (κ1) is 12.9. The zero-order chi connectivity index (χ0) is 11.5. The predicted octanol–water partition coefficient (Wildman–Crippen LogP) is -0.355. The molecule has 0 bridgehead atoms. The monoisotopic (exact) mass is 236 g/mol. The Labute approximate surface area is 91.8 Å². The SMILES string of the molecule is COCCS(=O)(=O)N1CC(C)NCC1C. The molecule has 0 aromatic heterocycles. The van der Waals surface area contributed by atoms with Crippen molar-refractivity contribution < 1.29 is 13.2 Å². The molecule has 1 saturated heterocycles. The highest BCUT2D eigenvalue weighted by atomic mass is 32.2. The zero-order valence-corrected chi connectivity index (χ0v) is 10.4. The Balaban J connectivity index is 2.67. The first-order chi connectivity index (χ1) is 6.97. The second kappa shape index (κ2) is 5.25. The van der Waals surface area contributed by atoms with E-state index in [2.05, 4.69) is 5.32 Å². The largest absolute Gasteiger partial charge is 0.384 e. The first-order valence-electron chi connectivity index (χ1n) is 5.19. The van der Waals surface area contributed by atoms with Crippen molar-refractivity contribution in [2.45, 2.75) is 25.9 Å². The molecule has 0 spiro atoms. The van der Waals surface area contributed by atoms with Gasteiger partial charge in [0.25, 0.3) is 0 Å². The summed E-state index contributed by atoms with van der Waals surface area (Å²) in [6.45, 7) is 5.43. The van der Waals surface area contributed by atoms with Gasteiger partial charge in [-0.3, -0.25) is 0 Å². The maximum Gasteiger partial charge on any atom is 0.216 e. The number of hydrogen-bond donors (Lipinski definition) is 1. The van der Waals surface area contributed by atoms with Crippen molar-refractivity contribution in [3.8, 4) is 0 Å². The summed E-state index contributed by atoms with van der Waals surface area (Å²) in [4.78, 5) is 0. The lowest BCUT2D eigenvalue weighted by Gasteiger charge is -2.36. The second-order valence-electron chi connectivity index (χ2n) is 4.04. The molecule has 0 saturated carbocycles. The molecule has 1 heterocycles. The van der Waals surface area contributed by atoms with E-state index in [4.69, 9.17) is 4.74 Å². The van der Waals surface area contributed by atoms with Crippen LogP contribution >= 0.6 is 0 Å². The van der Waals surface area contributed by atoms with Gasteiger partial charge in [0.2, 0.25) is 10.0 Å². The summed E-state index contributed by atoms with van der Waals surface area (Å²) in [5.74, 6) is 0.0700. The first-order valence-corrected chi connectivity index (χ1v) is 6.80. The number of sulfonamides is 1. The molecular formula is C9H20N2O3S. The Morgan fingerprint density at radius 1 is 1.47 bits per heavy atom. The molecule has 5 nitrogen and oxygen atoms in total. The standard InChI is InChI=1S/C9H20N2O3S/c1-8-7-11(9(2)6-10-8)15(12,13)5-4-14-3/h8-10H,4-7H2,1-3H3. The third kappa shape index (κ3) is 3.41. The maximum absolute atomic E-state index is 11.9. The van der Waals surface area contributed by atoms with Crippen LogP contribution in [0.4, 0.5) is 0 Å². The second-order valence-corrected chi connectivity index (χ2v) is 6.08. The van der Waals surface area contributed by atoms with Gasteiger partial charge in [0.1, 0.15) is 0 Å². The topological polar surface area (TPSA) is 58.6 Å². The molecule has 0 aromatic rings. The quantitative estimate of drug-likeness (QED) is 0.724. The fourth-order valence-corrected chi connectivity index (χ4v) is 3.37. The van der Waals surface area contributed by atoms with E-state index < -0.39 is 10.0 Å². The highest BCUT2D eigenvalue weighted by Gasteiger charge is 2.31. The summed E-state index contributed by atoms with van der Waals surface area (Å²) >= 11 is 0. The molecule has 0 aliphatic carbocycles. The molecule has 0 amide bonds. The van der Waals surface area contributed by atoms with Crippen LogP contribution in [-0.2, 0) is 14.8 Å². The minimum Gasteiger partial charge on any atom is -0.384 e. The summed E-state index contributed by atoms with van der Waals surface area (Å²) in [7, 11) is -1.65. The maximum atomic E-state index is 11.9. The normalized spacial score (nSPS) is 29.3. The summed E-state index contributed by atoms with van der Waals surface area (Å²) in [5.41, 5.74) is 0. The lowest BCUT2D eigenvalue weighted by Crippen LogP contribution is -2.56. The van der Waals surface area contributed by atoms with Crippen molar-refractivity contribution in [3.05, 3.63) is 0 Å². The Morgan fingerprint density at radius 2 is 2.13 bits per heavy atom. The lowest BCUT2D eigenvalue weighted by molar-refractivity contribution is 0.209. The molecule has 1 aliphatic rings. The van der Waals surface area contributed by atoms with Crippen LogP contribution in [0.2, 0.25) is 0 Å². The van der Waals surface area contributed by atoms with Gasteiger partial charge in [-0.1, -0.05) is 0 Å². The molecule has 1 rings (SSSR count). The van der Waals surface area contributed by atoms with Crippen molar-refractivity contribution in [2.75, 3.05) is 32.6 Å². The average molecular weight is 236 g/mol. The van der Waals surface area contributed by atoms with Crippen molar-refractivity contribution in [2.24, 2.45) is 0 Å². The third-order valence-electron chi connectivity index (χ3n) is 2.61. The van der Waals surface area contributed by atoms with Crippen LogP contribution in [0.25, 0.3) is 0 Å². The Morgan fingerprint density at radius 3 is 2.73 bits per heavy atom. The van der Waals surface area contributed by atoms with Crippen molar-refractivity contribution >= 4 is 10.0 Å². The average Bonchev–Trinajstić information content (AvgIpc) is 2.18. The molecule has 1 N–H and O–H groups in total. The van der Waals surface area contributed by atoms with E-state index in [-0.39, 0.29) is 24.4 Å². The van der Waals surface area contributed by atoms with E-state index in [1.165, 1.54) is 7.11 Å². The van der Waals surface area contributed by atoms with Gasteiger partial charge in [0.05, 0.1) is 12.4 Å². The van der Waals surface area contributed by atoms with E-state index in [1.54, 1.807) is 4.31 Å². The molecule has 90 valence electrons. The Hall–Kier alpha value is -0.170. The molecule has 0 aromatic carbocycles. The summed E-state index contributed by atoms with van der Waals surface area (Å²) < 4.78 is 30.2. The Kier molecular flexibility index (Phi) is 4.51. The van der Waals surface area contributed by atoms with E-state index in [0.717, 1.165) is 0 Å². The van der Waals surface area contributed by atoms with Gasteiger partial charge in [0.15, 0.2) is 0 Å². The molecule has 1 aliphatic heterocycles. The van der Waals surface area contributed by atoms with Gasteiger partial charge in [-0.15, -0.1) is 0 Å². The molecule has 0 radical (unpaired) electrons. The highest BCUT2D eigenvalue weighted by molar-refractivity contribution is 7.89. The third-order valence-corrected chi connectivity index (χ3v) is 4.52. The lowest BCUT2D eigenvalue weighted by atomic mass is 10.2. The smallest absolute Gasteiger partial charge is 0.216 e. The van der Waals surface area contributed by atoms with Gasteiger partial charge in [-0.25, -0.2) is 8.42 Å². The number of methoxy groups -OCH3 is 1. The van der Waals surface area contributed by atoms with Gasteiger partial charge in [-0.2, -0.15) is 4.31 Å². The molecule has 1 fully saturated rings. The molecule has 6 heteroatoms. The highest BCUT2D eigenvalue weighted by Crippen LogP contribution is 2.12. The molecular weight excluding hydrogens is 216 g/mol. The van der Waals surface area contributed by atoms with Crippen LogP contribution in [0.15, 0.2) is 0 Å². The molecule has 15 heavy (non-hydrogen) atoms. The number of nitrogens with one attached hydrogen (secondary N) is 1. The summed E-state index contributed by atoms with van der Waals surface area (Å²) in [6.07, 6.45) is 0. The van der Waals surface area contributed by atoms with E-state index in [1.807, 2.05) is 13.8 Å². The fourth-order valence-electron chi connectivity index (χ4n) is 1.68. The minimum atomic E-state index is -3.16. The van der Waals surface area contributed by atoms with Crippen LogP contribution in [-0.4, -0.2) is 57.4 Å². The van der Waals surface area contributed by atoms with Gasteiger partial charge in [-0.05, 0) is 13.8 Å². The Bertz CT molecular complexity index is 292. The van der Waals surface area contributed by atoms with Crippen LogP contribution in [0.3, 0.4) is 0 Å². The number of piperazine rings is 1. The van der Waals surface area contributed by atoms with E-state index >= 15 is 0 Å². The van der Waals surface area contributed by atoms with Crippen molar-refractivity contribution in [3.63, 3.8) is 0 Å².